The van der Waals surface area contributed by atoms with Crippen molar-refractivity contribution < 1.29 is 0 Å². The number of hydrogen-bond acceptors (Lipinski definition) is 5. The zero-order chi connectivity index (χ0) is 15.5. The van der Waals surface area contributed by atoms with Crippen molar-refractivity contribution in [2.45, 2.75) is 57.5 Å². The van der Waals surface area contributed by atoms with Crippen LogP contribution < -0.4 is 4.90 Å². The van der Waals surface area contributed by atoms with Gasteiger partial charge in [-0.25, -0.2) is 9.97 Å². The SMILES string of the molecule is CCCN(CCC)c1nc(SC)nc2sc3c(c12)CCCC3. The number of thiophene rings is 1. The van der Waals surface area contributed by atoms with Gasteiger partial charge < -0.3 is 4.90 Å². The quantitative estimate of drug-likeness (QED) is 0.553. The average Bonchev–Trinajstić information content (AvgIpc) is 2.92. The highest BCUT2D eigenvalue weighted by Gasteiger charge is 2.23. The Morgan fingerprint density at radius 2 is 1.82 bits per heavy atom. The molecule has 0 saturated heterocycles. The van der Waals surface area contributed by atoms with Crippen LogP contribution in [-0.2, 0) is 12.8 Å². The lowest BCUT2D eigenvalue weighted by Crippen LogP contribution is -2.26. The maximum absolute atomic E-state index is 4.92. The van der Waals surface area contributed by atoms with Gasteiger partial charge in [-0.2, -0.15) is 0 Å². The van der Waals surface area contributed by atoms with Crippen LogP contribution in [0.25, 0.3) is 10.2 Å². The highest BCUT2D eigenvalue weighted by Crippen LogP contribution is 2.40. The van der Waals surface area contributed by atoms with Gasteiger partial charge in [-0.05, 0) is 50.3 Å². The van der Waals surface area contributed by atoms with E-state index >= 15 is 0 Å². The second-order valence-electron chi connectivity index (χ2n) is 5.91. The Balaban J connectivity index is 2.18. The third-order valence-electron chi connectivity index (χ3n) is 4.24. The van der Waals surface area contributed by atoms with Crippen molar-refractivity contribution in [2.75, 3.05) is 24.2 Å². The lowest BCUT2D eigenvalue weighted by molar-refractivity contribution is 0.698. The first-order valence-corrected chi connectivity index (χ1v) is 10.4. The average molecular weight is 336 g/mol. The highest BCUT2D eigenvalue weighted by atomic mass is 32.2. The van der Waals surface area contributed by atoms with Crippen LogP contribution in [0.2, 0.25) is 0 Å². The molecule has 0 atom stereocenters. The molecule has 0 fully saturated rings. The monoisotopic (exact) mass is 335 g/mol. The van der Waals surface area contributed by atoms with Gasteiger partial charge in [0.15, 0.2) is 5.16 Å². The summed E-state index contributed by atoms with van der Waals surface area (Å²) in [6.45, 7) is 6.66. The molecule has 3 rings (SSSR count). The smallest absolute Gasteiger partial charge is 0.190 e. The van der Waals surface area contributed by atoms with Gasteiger partial charge in [0.25, 0.3) is 0 Å². The van der Waals surface area contributed by atoms with Crippen LogP contribution in [0.5, 0.6) is 0 Å². The molecule has 2 aromatic heterocycles. The molecule has 1 aliphatic rings. The van der Waals surface area contributed by atoms with Crippen LogP contribution >= 0.6 is 23.1 Å². The number of aryl methyl sites for hydroxylation is 2. The summed E-state index contributed by atoms with van der Waals surface area (Å²) < 4.78 is 0. The minimum Gasteiger partial charge on any atom is -0.356 e. The summed E-state index contributed by atoms with van der Waals surface area (Å²) in [4.78, 5) is 15.0. The second kappa shape index (κ2) is 7.18. The first kappa shape index (κ1) is 16.1. The lowest BCUT2D eigenvalue weighted by Gasteiger charge is -2.24. The van der Waals surface area contributed by atoms with Crippen LogP contribution in [0.1, 0.15) is 50.0 Å². The molecule has 1 aliphatic carbocycles. The molecule has 22 heavy (non-hydrogen) atoms. The van der Waals surface area contributed by atoms with Gasteiger partial charge in [-0.3, -0.25) is 0 Å². The van der Waals surface area contributed by atoms with Crippen molar-refractivity contribution in [1.29, 1.82) is 0 Å². The maximum Gasteiger partial charge on any atom is 0.190 e. The van der Waals surface area contributed by atoms with Gasteiger partial charge in [0.2, 0.25) is 0 Å². The topological polar surface area (TPSA) is 29.0 Å². The molecule has 3 nitrogen and oxygen atoms in total. The van der Waals surface area contributed by atoms with E-state index < -0.39 is 0 Å². The molecule has 0 aromatic carbocycles. The second-order valence-corrected chi connectivity index (χ2v) is 7.77. The molecule has 0 amide bonds. The van der Waals surface area contributed by atoms with E-state index in [0.717, 1.165) is 31.1 Å². The van der Waals surface area contributed by atoms with Crippen LogP contribution in [0.15, 0.2) is 5.16 Å². The van der Waals surface area contributed by atoms with Gasteiger partial charge >= 0.3 is 0 Å². The van der Waals surface area contributed by atoms with Gasteiger partial charge in [0.05, 0.1) is 5.39 Å². The Bertz CT molecular complexity index is 645. The predicted molar refractivity (Wildman–Crippen MR) is 98.6 cm³/mol. The van der Waals surface area contributed by atoms with Gasteiger partial charge in [-0.15, -0.1) is 11.3 Å². The fourth-order valence-corrected chi connectivity index (χ4v) is 4.98. The zero-order valence-corrected chi connectivity index (χ0v) is 15.4. The minimum atomic E-state index is 0.915. The molecule has 0 aliphatic heterocycles. The van der Waals surface area contributed by atoms with Gasteiger partial charge in [0, 0.05) is 18.0 Å². The molecule has 0 unspecified atom stereocenters. The zero-order valence-electron chi connectivity index (χ0n) is 13.8. The van der Waals surface area contributed by atoms with Gasteiger partial charge in [-0.1, -0.05) is 25.6 Å². The fourth-order valence-electron chi connectivity index (χ4n) is 3.30. The Kier molecular flexibility index (Phi) is 5.24. The summed E-state index contributed by atoms with van der Waals surface area (Å²) in [7, 11) is 0. The Hall–Kier alpha value is -0.810. The molecule has 0 saturated carbocycles. The first-order chi connectivity index (χ1) is 10.8. The van der Waals surface area contributed by atoms with E-state index in [4.69, 9.17) is 9.97 Å². The number of hydrogen-bond donors (Lipinski definition) is 0. The van der Waals surface area contributed by atoms with Crippen LogP contribution in [0, 0.1) is 0 Å². The van der Waals surface area contributed by atoms with Crippen molar-refractivity contribution in [1.82, 2.24) is 9.97 Å². The number of aromatic nitrogens is 2. The van der Waals surface area contributed by atoms with E-state index in [2.05, 4.69) is 25.0 Å². The molecule has 0 radical (unpaired) electrons. The molecular weight excluding hydrogens is 310 g/mol. The van der Waals surface area contributed by atoms with E-state index in [-0.39, 0.29) is 0 Å². The number of thioether (sulfide) groups is 1. The molecule has 2 aromatic rings. The molecule has 120 valence electrons. The van der Waals surface area contributed by atoms with Crippen molar-refractivity contribution in [3.63, 3.8) is 0 Å². The van der Waals surface area contributed by atoms with Crippen molar-refractivity contribution >= 4 is 39.1 Å². The molecule has 2 heterocycles. The third kappa shape index (κ3) is 2.98. The lowest BCUT2D eigenvalue weighted by atomic mass is 9.97. The van der Waals surface area contributed by atoms with E-state index in [9.17, 15) is 0 Å². The predicted octanol–water partition coefficient (Wildman–Crippen LogP) is 4.92. The van der Waals surface area contributed by atoms with E-state index in [0.29, 0.717) is 0 Å². The summed E-state index contributed by atoms with van der Waals surface area (Å²) in [5.41, 5.74) is 1.55. The summed E-state index contributed by atoms with van der Waals surface area (Å²) in [6.07, 6.45) is 9.46. The largest absolute Gasteiger partial charge is 0.356 e. The van der Waals surface area contributed by atoms with Crippen molar-refractivity contribution in [3.05, 3.63) is 10.4 Å². The molecule has 5 heteroatoms. The number of nitrogens with zero attached hydrogens (tertiary/aromatic N) is 3. The summed E-state index contributed by atoms with van der Waals surface area (Å²) in [5.74, 6) is 1.19. The number of rotatable bonds is 6. The van der Waals surface area contributed by atoms with E-state index in [1.807, 2.05) is 11.3 Å². The highest BCUT2D eigenvalue weighted by molar-refractivity contribution is 7.98. The number of anilines is 1. The first-order valence-electron chi connectivity index (χ1n) is 8.39. The summed E-state index contributed by atoms with van der Waals surface area (Å²) in [5, 5.41) is 2.28. The Morgan fingerprint density at radius 3 is 2.50 bits per heavy atom. The van der Waals surface area contributed by atoms with E-state index in [1.54, 1.807) is 22.2 Å². The Labute approximate surface area is 141 Å². The summed E-state index contributed by atoms with van der Waals surface area (Å²) >= 11 is 3.56. The molecule has 0 N–H and O–H groups in total. The van der Waals surface area contributed by atoms with Gasteiger partial charge in [0.1, 0.15) is 10.6 Å². The normalized spacial score (nSPS) is 14.3. The van der Waals surface area contributed by atoms with Crippen LogP contribution in [-0.4, -0.2) is 29.3 Å². The molecule has 0 bridgehead atoms. The van der Waals surface area contributed by atoms with Crippen LogP contribution in [0.4, 0.5) is 5.82 Å². The minimum absolute atomic E-state index is 0.915. The Morgan fingerprint density at radius 1 is 1.09 bits per heavy atom. The van der Waals surface area contributed by atoms with E-state index in [1.165, 1.54) is 41.7 Å². The number of fused-ring (bicyclic) bond motifs is 3. The van der Waals surface area contributed by atoms with Crippen molar-refractivity contribution in [3.8, 4) is 0 Å². The molecule has 0 spiro atoms. The standard InChI is InChI=1S/C17H25N3S2/c1-4-10-20(11-5-2)15-14-12-8-6-7-9-13(12)22-16(14)19-17(18-15)21-3/h4-11H2,1-3H3. The van der Waals surface area contributed by atoms with Crippen LogP contribution in [0.3, 0.4) is 0 Å². The summed E-state index contributed by atoms with van der Waals surface area (Å²) in [6, 6.07) is 0. The maximum atomic E-state index is 4.92. The van der Waals surface area contributed by atoms with Crippen molar-refractivity contribution in [2.24, 2.45) is 0 Å². The molecular formula is C17H25N3S2. The third-order valence-corrected chi connectivity index (χ3v) is 5.98. The fraction of sp³-hybridized carbons (Fsp3) is 0.647.